The van der Waals surface area contributed by atoms with Crippen LogP contribution in [0.2, 0.25) is 0 Å². The van der Waals surface area contributed by atoms with E-state index >= 15 is 0 Å². The van der Waals surface area contributed by atoms with Crippen LogP contribution in [0.15, 0.2) is 42.6 Å². The fourth-order valence-corrected chi connectivity index (χ4v) is 3.25. The summed E-state index contributed by atoms with van der Waals surface area (Å²) in [6, 6.07) is 12.7. The summed E-state index contributed by atoms with van der Waals surface area (Å²) in [4.78, 5) is 19.4. The van der Waals surface area contributed by atoms with E-state index in [9.17, 15) is 10.1 Å². The molecule has 1 aromatic heterocycles. The molecule has 2 aromatic rings. The first-order valence-electron chi connectivity index (χ1n) is 8.20. The van der Waals surface area contributed by atoms with Crippen LogP contribution in [0.4, 0.5) is 17.2 Å². The van der Waals surface area contributed by atoms with E-state index in [0.717, 1.165) is 31.7 Å². The predicted octanol–water partition coefficient (Wildman–Crippen LogP) is 3.40. The third-order valence-electron chi connectivity index (χ3n) is 4.77. The van der Waals surface area contributed by atoms with Gasteiger partial charge >= 0.3 is 0 Å². The summed E-state index contributed by atoms with van der Waals surface area (Å²) in [6.07, 6.45) is 3.46. The first-order valence-corrected chi connectivity index (χ1v) is 8.20. The minimum atomic E-state index is -0.382. The van der Waals surface area contributed by atoms with E-state index in [4.69, 9.17) is 0 Å². The van der Waals surface area contributed by atoms with Crippen molar-refractivity contribution in [3.63, 3.8) is 0 Å². The lowest BCUT2D eigenvalue weighted by atomic mass is 10.0. The van der Waals surface area contributed by atoms with E-state index < -0.39 is 0 Å². The number of para-hydroxylation sites is 1. The third-order valence-corrected chi connectivity index (χ3v) is 4.77. The molecule has 24 heavy (non-hydrogen) atoms. The topological polar surface area (TPSA) is 62.5 Å². The number of piperidine rings is 1. The van der Waals surface area contributed by atoms with E-state index in [1.807, 2.05) is 12.1 Å². The zero-order valence-corrected chi connectivity index (χ0v) is 14.1. The summed E-state index contributed by atoms with van der Waals surface area (Å²) in [7, 11) is 2.14. The molecule has 1 fully saturated rings. The van der Waals surface area contributed by atoms with E-state index in [1.165, 1.54) is 11.9 Å². The number of pyridine rings is 1. The molecule has 3 rings (SSSR count). The van der Waals surface area contributed by atoms with Crippen LogP contribution < -0.4 is 9.80 Å². The van der Waals surface area contributed by atoms with Crippen LogP contribution in [0.3, 0.4) is 0 Å². The Bertz CT molecular complexity index is 712. The molecule has 0 saturated carbocycles. The van der Waals surface area contributed by atoms with E-state index in [0.29, 0.717) is 11.6 Å². The Morgan fingerprint density at radius 2 is 1.92 bits per heavy atom. The molecule has 0 N–H and O–H groups in total. The quantitative estimate of drug-likeness (QED) is 0.636. The maximum Gasteiger partial charge on any atom is 0.290 e. The Labute approximate surface area is 141 Å². The number of nitrogens with zero attached hydrogens (tertiary/aromatic N) is 4. The summed E-state index contributed by atoms with van der Waals surface area (Å²) in [5, 5.41) is 10.9. The van der Waals surface area contributed by atoms with Gasteiger partial charge < -0.3 is 9.80 Å². The van der Waals surface area contributed by atoms with Gasteiger partial charge in [-0.2, -0.15) is 0 Å². The van der Waals surface area contributed by atoms with E-state index in [2.05, 4.69) is 46.1 Å². The maximum absolute atomic E-state index is 10.9. The van der Waals surface area contributed by atoms with Gasteiger partial charge in [0.2, 0.25) is 0 Å². The number of hydrogen-bond donors (Lipinski definition) is 0. The van der Waals surface area contributed by atoms with Crippen LogP contribution in [0.5, 0.6) is 0 Å². The first-order chi connectivity index (χ1) is 11.6. The van der Waals surface area contributed by atoms with E-state index in [-0.39, 0.29) is 10.6 Å². The highest BCUT2D eigenvalue weighted by Crippen LogP contribution is 2.26. The molecule has 6 heteroatoms. The molecule has 0 aliphatic carbocycles. The molecule has 1 aliphatic rings. The molecule has 1 aliphatic heterocycles. The normalized spacial score (nSPS) is 15.3. The second kappa shape index (κ2) is 6.86. The van der Waals surface area contributed by atoms with Gasteiger partial charge in [-0.05, 0) is 38.0 Å². The van der Waals surface area contributed by atoms with Crippen molar-refractivity contribution in [2.45, 2.75) is 25.8 Å². The monoisotopic (exact) mass is 326 g/mol. The molecule has 0 unspecified atom stereocenters. The summed E-state index contributed by atoms with van der Waals surface area (Å²) in [5.74, 6) is 0.832. The van der Waals surface area contributed by atoms with Crippen LogP contribution >= 0.6 is 0 Å². The molecule has 0 radical (unpaired) electrons. The van der Waals surface area contributed by atoms with Crippen LogP contribution in [0.1, 0.15) is 18.4 Å². The van der Waals surface area contributed by atoms with Crippen molar-refractivity contribution in [1.29, 1.82) is 0 Å². The molecule has 1 saturated heterocycles. The lowest BCUT2D eigenvalue weighted by Crippen LogP contribution is -2.43. The van der Waals surface area contributed by atoms with Gasteiger partial charge in [0.1, 0.15) is 12.0 Å². The van der Waals surface area contributed by atoms with Gasteiger partial charge in [0.05, 0.1) is 4.92 Å². The molecule has 0 spiro atoms. The number of aromatic nitrogens is 1. The highest BCUT2D eigenvalue weighted by molar-refractivity contribution is 5.50. The highest BCUT2D eigenvalue weighted by atomic mass is 16.6. The van der Waals surface area contributed by atoms with Crippen molar-refractivity contribution in [2.75, 3.05) is 29.9 Å². The van der Waals surface area contributed by atoms with Crippen molar-refractivity contribution in [3.8, 4) is 0 Å². The van der Waals surface area contributed by atoms with Crippen molar-refractivity contribution in [3.05, 3.63) is 58.3 Å². The summed E-state index contributed by atoms with van der Waals surface area (Å²) in [6.45, 7) is 3.58. The van der Waals surface area contributed by atoms with Gasteiger partial charge in [0, 0.05) is 37.4 Å². The molecule has 0 amide bonds. The van der Waals surface area contributed by atoms with Crippen molar-refractivity contribution < 1.29 is 4.92 Å². The van der Waals surface area contributed by atoms with Crippen molar-refractivity contribution in [1.82, 2.24) is 4.98 Å². The van der Waals surface area contributed by atoms with E-state index in [1.54, 1.807) is 6.92 Å². The minimum absolute atomic E-state index is 0.0810. The van der Waals surface area contributed by atoms with Crippen molar-refractivity contribution >= 4 is 17.2 Å². The number of hydrogen-bond acceptors (Lipinski definition) is 5. The molecule has 2 heterocycles. The lowest BCUT2D eigenvalue weighted by Gasteiger charge is -2.38. The van der Waals surface area contributed by atoms with Gasteiger partial charge in [-0.3, -0.25) is 10.1 Å². The van der Waals surface area contributed by atoms with Gasteiger partial charge in [0.25, 0.3) is 5.69 Å². The third kappa shape index (κ3) is 3.32. The number of aryl methyl sites for hydroxylation is 1. The maximum atomic E-state index is 10.9. The average molecular weight is 326 g/mol. The second-order valence-electron chi connectivity index (χ2n) is 6.25. The number of anilines is 2. The Morgan fingerprint density at radius 3 is 2.50 bits per heavy atom. The molecule has 1 aromatic carbocycles. The van der Waals surface area contributed by atoms with Gasteiger partial charge in [0.15, 0.2) is 0 Å². The van der Waals surface area contributed by atoms with Gasteiger partial charge in [-0.25, -0.2) is 4.98 Å². The molecule has 6 nitrogen and oxygen atoms in total. The zero-order chi connectivity index (χ0) is 17.1. The molecule has 126 valence electrons. The van der Waals surface area contributed by atoms with Crippen LogP contribution in [-0.4, -0.2) is 36.1 Å². The van der Waals surface area contributed by atoms with Gasteiger partial charge in [-0.1, -0.05) is 18.2 Å². The smallest absolute Gasteiger partial charge is 0.290 e. The Balaban J connectivity index is 1.65. The fraction of sp³-hybridized carbons (Fsp3) is 0.389. The van der Waals surface area contributed by atoms with Crippen molar-refractivity contribution in [2.24, 2.45) is 0 Å². The number of benzene rings is 1. The summed E-state index contributed by atoms with van der Waals surface area (Å²) in [5.41, 5.74) is 1.98. The van der Waals surface area contributed by atoms with Crippen LogP contribution in [0.25, 0.3) is 0 Å². The summed E-state index contributed by atoms with van der Waals surface area (Å²) < 4.78 is 0. The molecular formula is C18H22N4O2. The molecular weight excluding hydrogens is 304 g/mol. The average Bonchev–Trinajstić information content (AvgIpc) is 2.61. The molecule has 0 bridgehead atoms. The largest absolute Gasteiger partial charge is 0.371 e. The highest BCUT2D eigenvalue weighted by Gasteiger charge is 2.24. The summed E-state index contributed by atoms with van der Waals surface area (Å²) >= 11 is 0. The van der Waals surface area contributed by atoms with Gasteiger partial charge in [-0.15, -0.1) is 0 Å². The SMILES string of the molecule is Cc1cc(N2CCC(N(C)c3ccccc3)CC2)ncc1[N+](=O)[O-]. The zero-order valence-electron chi connectivity index (χ0n) is 14.1. The number of nitro groups is 1. The second-order valence-corrected chi connectivity index (χ2v) is 6.25. The Hall–Kier alpha value is -2.63. The standard InChI is InChI=1S/C18H22N4O2/c1-14-12-18(19-13-17(14)22(23)24)21-10-8-16(9-11-21)20(2)15-6-4-3-5-7-15/h3-7,12-13,16H,8-11H2,1-2H3. The Kier molecular flexibility index (Phi) is 4.64. The lowest BCUT2D eigenvalue weighted by molar-refractivity contribution is -0.385. The van der Waals surface area contributed by atoms with Crippen LogP contribution in [0, 0.1) is 17.0 Å². The fourth-order valence-electron chi connectivity index (χ4n) is 3.25. The van der Waals surface area contributed by atoms with Crippen LogP contribution in [-0.2, 0) is 0 Å². The predicted molar refractivity (Wildman–Crippen MR) is 95.7 cm³/mol. The molecule has 0 atom stereocenters. The number of rotatable bonds is 4. The Morgan fingerprint density at radius 1 is 1.25 bits per heavy atom. The minimum Gasteiger partial charge on any atom is -0.371 e. The first kappa shape index (κ1) is 16.2.